The van der Waals surface area contributed by atoms with E-state index in [1.165, 1.54) is 11.0 Å². The summed E-state index contributed by atoms with van der Waals surface area (Å²) in [5, 5.41) is 11.7. The molecule has 2 aromatic carbocycles. The Morgan fingerprint density at radius 1 is 1.13 bits per heavy atom. The molecule has 3 rings (SSSR count). The molecule has 1 aliphatic rings. The molecule has 0 spiro atoms. The average Bonchev–Trinajstić information content (AvgIpc) is 2.81. The highest BCUT2D eigenvalue weighted by atomic mass is 16.5. The molecule has 1 amide bonds. The minimum absolute atomic E-state index is 0.357. The normalized spacial score (nSPS) is 16.5. The first-order valence-electron chi connectivity index (χ1n) is 10.5. The zero-order chi connectivity index (χ0) is 22.4. The Morgan fingerprint density at radius 3 is 2.48 bits per heavy atom. The van der Waals surface area contributed by atoms with Crippen LogP contribution in [0.1, 0.15) is 44.6 Å². The van der Waals surface area contributed by atoms with E-state index in [0.717, 1.165) is 41.3 Å². The van der Waals surface area contributed by atoms with Gasteiger partial charge in [0.1, 0.15) is 11.3 Å². The van der Waals surface area contributed by atoms with Gasteiger partial charge in [-0.2, -0.15) is 5.26 Å². The van der Waals surface area contributed by atoms with Crippen LogP contribution in [-0.4, -0.2) is 42.6 Å². The summed E-state index contributed by atoms with van der Waals surface area (Å²) in [6.07, 6.45) is 6.23. The number of ether oxygens (including phenoxy) is 2. The van der Waals surface area contributed by atoms with Gasteiger partial charge >= 0.3 is 5.97 Å². The highest BCUT2D eigenvalue weighted by Gasteiger charge is 2.40. The van der Waals surface area contributed by atoms with E-state index in [1.54, 1.807) is 27.2 Å². The summed E-state index contributed by atoms with van der Waals surface area (Å²) < 4.78 is 10.5. The van der Waals surface area contributed by atoms with E-state index in [1.807, 2.05) is 36.4 Å². The van der Waals surface area contributed by atoms with E-state index in [4.69, 9.17) is 9.47 Å². The van der Waals surface area contributed by atoms with Crippen molar-refractivity contribution in [3.05, 3.63) is 48.0 Å². The fourth-order valence-corrected chi connectivity index (χ4v) is 4.04. The number of hydrogen-bond acceptors (Lipinski definition) is 5. The van der Waals surface area contributed by atoms with Crippen LogP contribution in [0.3, 0.4) is 0 Å². The number of likely N-dealkylation sites (N-methyl/N-ethyl adjacent to an activating group) is 1. The Balaban J connectivity index is 1.63. The molecule has 1 fully saturated rings. The van der Waals surface area contributed by atoms with E-state index >= 15 is 0 Å². The summed E-state index contributed by atoms with van der Waals surface area (Å²) in [6.45, 7) is 1.54. The van der Waals surface area contributed by atoms with Crippen molar-refractivity contribution in [2.75, 3.05) is 14.2 Å². The van der Waals surface area contributed by atoms with Gasteiger partial charge in [-0.3, -0.25) is 4.79 Å². The molecule has 2 aromatic rings. The molecule has 0 heterocycles. The number of carbonyl (C=O) groups excluding carboxylic acids is 2. The van der Waals surface area contributed by atoms with Crippen molar-refractivity contribution in [3.8, 4) is 11.8 Å². The first-order valence-corrected chi connectivity index (χ1v) is 10.5. The molecular weight excluding hydrogens is 392 g/mol. The van der Waals surface area contributed by atoms with Crippen molar-refractivity contribution < 1.29 is 19.1 Å². The number of fused-ring (bicyclic) bond motifs is 1. The van der Waals surface area contributed by atoms with Gasteiger partial charge in [0.15, 0.2) is 6.10 Å². The van der Waals surface area contributed by atoms with Crippen LogP contribution in [0.4, 0.5) is 0 Å². The topological polar surface area (TPSA) is 79.6 Å². The van der Waals surface area contributed by atoms with Crippen molar-refractivity contribution in [2.24, 2.45) is 0 Å². The lowest BCUT2D eigenvalue weighted by molar-refractivity contribution is -0.157. The summed E-state index contributed by atoms with van der Waals surface area (Å²) in [6, 6.07) is 13.9. The summed E-state index contributed by atoms with van der Waals surface area (Å²) in [5.74, 6) is -0.169. The Kier molecular flexibility index (Phi) is 6.96. The third kappa shape index (κ3) is 5.05. The first-order chi connectivity index (χ1) is 14.9. The third-order valence-electron chi connectivity index (χ3n) is 5.99. The maximum absolute atomic E-state index is 12.8. The van der Waals surface area contributed by atoms with Crippen LogP contribution < -0.4 is 4.74 Å². The van der Waals surface area contributed by atoms with Crippen LogP contribution in [-0.2, 0) is 14.3 Å². The summed E-state index contributed by atoms with van der Waals surface area (Å²) in [5.41, 5.74) is 0.0379. The van der Waals surface area contributed by atoms with Gasteiger partial charge in [0.05, 0.1) is 13.2 Å². The molecule has 0 saturated heterocycles. The van der Waals surface area contributed by atoms with Crippen LogP contribution in [0.2, 0.25) is 0 Å². The minimum atomic E-state index is -0.960. The molecule has 1 saturated carbocycles. The molecule has 1 atom stereocenters. The van der Waals surface area contributed by atoms with Crippen LogP contribution >= 0.6 is 0 Å². The molecule has 6 nitrogen and oxygen atoms in total. The molecule has 31 heavy (non-hydrogen) atoms. The highest BCUT2D eigenvalue weighted by molar-refractivity contribution is 5.92. The van der Waals surface area contributed by atoms with E-state index in [-0.39, 0.29) is 5.91 Å². The lowest BCUT2D eigenvalue weighted by Crippen LogP contribution is -2.53. The SMILES string of the molecule is COc1ccc2cc(/C=C/C(=O)O[C@@H](C)C(=O)N(C)C3(C#N)CCCCC3)ccc2c1. The van der Waals surface area contributed by atoms with Crippen LogP contribution in [0.5, 0.6) is 5.75 Å². The van der Waals surface area contributed by atoms with Crippen molar-refractivity contribution in [1.82, 2.24) is 4.90 Å². The third-order valence-corrected chi connectivity index (χ3v) is 5.99. The van der Waals surface area contributed by atoms with Crippen molar-refractivity contribution >= 4 is 28.7 Å². The van der Waals surface area contributed by atoms with Gasteiger partial charge < -0.3 is 14.4 Å². The molecule has 162 valence electrons. The molecule has 1 aliphatic carbocycles. The largest absolute Gasteiger partial charge is 0.497 e. The fourth-order valence-electron chi connectivity index (χ4n) is 4.04. The van der Waals surface area contributed by atoms with E-state index < -0.39 is 17.6 Å². The predicted molar refractivity (Wildman–Crippen MR) is 119 cm³/mol. The molecule has 6 heteroatoms. The second-order valence-corrected chi connectivity index (χ2v) is 7.99. The minimum Gasteiger partial charge on any atom is -0.497 e. The van der Waals surface area contributed by atoms with Gasteiger partial charge in [0.25, 0.3) is 5.91 Å². The summed E-state index contributed by atoms with van der Waals surface area (Å²) >= 11 is 0. The standard InChI is InChI=1S/C25H28N2O4/c1-18(24(29)27(2)25(17-26)13-5-4-6-14-25)31-23(28)12-8-19-7-9-21-16-22(30-3)11-10-20(21)15-19/h7-12,15-16,18H,4-6,13-14H2,1-3H3/b12-8+/t18-/m0/s1. The number of rotatable bonds is 6. The number of nitriles is 1. The van der Waals surface area contributed by atoms with E-state index in [0.29, 0.717) is 12.8 Å². The lowest BCUT2D eigenvalue weighted by Gasteiger charge is -2.39. The zero-order valence-electron chi connectivity index (χ0n) is 18.3. The van der Waals surface area contributed by atoms with Crippen molar-refractivity contribution in [1.29, 1.82) is 5.26 Å². The Hall–Kier alpha value is -3.33. The first kappa shape index (κ1) is 22.4. The predicted octanol–water partition coefficient (Wildman–Crippen LogP) is 4.48. The summed E-state index contributed by atoms with van der Waals surface area (Å²) in [4.78, 5) is 26.5. The number of benzene rings is 2. The van der Waals surface area contributed by atoms with Crippen molar-refractivity contribution in [3.63, 3.8) is 0 Å². The second kappa shape index (κ2) is 9.65. The number of nitrogens with zero attached hydrogens (tertiary/aromatic N) is 2. The molecular formula is C25H28N2O4. The monoisotopic (exact) mass is 420 g/mol. The number of hydrogen-bond donors (Lipinski definition) is 0. The molecule has 0 aromatic heterocycles. The fraction of sp³-hybridized carbons (Fsp3) is 0.400. The van der Waals surface area contributed by atoms with Gasteiger partial charge in [0, 0.05) is 13.1 Å². The highest BCUT2D eigenvalue weighted by Crippen LogP contribution is 2.33. The second-order valence-electron chi connectivity index (χ2n) is 7.99. The molecule has 0 N–H and O–H groups in total. The van der Waals surface area contributed by atoms with Gasteiger partial charge in [-0.15, -0.1) is 0 Å². The maximum Gasteiger partial charge on any atom is 0.331 e. The Bertz CT molecular complexity index is 1030. The quantitative estimate of drug-likeness (QED) is 0.509. The molecule has 0 aliphatic heterocycles. The van der Waals surface area contributed by atoms with Crippen LogP contribution in [0.25, 0.3) is 16.8 Å². The van der Waals surface area contributed by atoms with Gasteiger partial charge in [-0.25, -0.2) is 4.79 Å². The number of carbonyl (C=O) groups is 2. The van der Waals surface area contributed by atoms with Crippen LogP contribution in [0.15, 0.2) is 42.5 Å². The molecule has 0 bridgehead atoms. The van der Waals surface area contributed by atoms with E-state index in [2.05, 4.69) is 6.07 Å². The van der Waals surface area contributed by atoms with Gasteiger partial charge in [-0.1, -0.05) is 37.5 Å². The number of esters is 1. The van der Waals surface area contributed by atoms with Crippen LogP contribution in [0, 0.1) is 11.3 Å². The van der Waals surface area contributed by atoms with E-state index in [9.17, 15) is 14.9 Å². The lowest BCUT2D eigenvalue weighted by atomic mass is 9.81. The number of methoxy groups -OCH3 is 1. The summed E-state index contributed by atoms with van der Waals surface area (Å²) in [7, 11) is 3.25. The number of amides is 1. The average molecular weight is 421 g/mol. The van der Waals surface area contributed by atoms with Gasteiger partial charge in [0.2, 0.25) is 0 Å². The molecule has 0 unspecified atom stereocenters. The Morgan fingerprint density at radius 2 is 1.81 bits per heavy atom. The zero-order valence-corrected chi connectivity index (χ0v) is 18.3. The maximum atomic E-state index is 12.8. The molecule has 0 radical (unpaired) electrons. The Labute approximate surface area is 183 Å². The van der Waals surface area contributed by atoms with Gasteiger partial charge in [-0.05, 0) is 60.4 Å². The smallest absolute Gasteiger partial charge is 0.331 e. The van der Waals surface area contributed by atoms with Crippen molar-refractivity contribution in [2.45, 2.75) is 50.7 Å².